The molecule has 1 unspecified atom stereocenters. The molecule has 6 heteroatoms. The molecule has 1 aliphatic carbocycles. The minimum atomic E-state index is -0.270. The third-order valence-corrected chi connectivity index (χ3v) is 5.03. The van der Waals surface area contributed by atoms with Gasteiger partial charge in [0.15, 0.2) is 11.5 Å². The van der Waals surface area contributed by atoms with Crippen molar-refractivity contribution in [1.82, 2.24) is 10.6 Å². The van der Waals surface area contributed by atoms with Gasteiger partial charge in [-0.1, -0.05) is 24.6 Å². The molecule has 0 saturated heterocycles. The average molecular weight is 356 g/mol. The molecular weight excluding hydrogens is 335 g/mol. The number of fused-ring (bicyclic) bond motifs is 1. The van der Waals surface area contributed by atoms with Crippen molar-refractivity contribution in [3.8, 4) is 11.5 Å². The van der Waals surface area contributed by atoms with Crippen LogP contribution in [0, 0.1) is 11.7 Å². The van der Waals surface area contributed by atoms with E-state index >= 15 is 0 Å². The van der Waals surface area contributed by atoms with Gasteiger partial charge in [-0.25, -0.2) is 9.18 Å². The van der Waals surface area contributed by atoms with E-state index in [9.17, 15) is 9.18 Å². The minimum Gasteiger partial charge on any atom is -0.454 e. The zero-order valence-electron chi connectivity index (χ0n) is 14.3. The molecule has 136 valence electrons. The number of rotatable bonds is 5. The summed E-state index contributed by atoms with van der Waals surface area (Å²) >= 11 is 0. The molecule has 1 fully saturated rings. The summed E-state index contributed by atoms with van der Waals surface area (Å²) in [5.74, 6) is 1.55. The number of carbonyl (C=O) groups is 1. The SMILES string of the molecule is O=C(NCc1ccc2c(c1)OCO2)NC(c1ccc(F)cc1)C1CCC1. The summed E-state index contributed by atoms with van der Waals surface area (Å²) < 4.78 is 23.8. The predicted octanol–water partition coefficient (Wildman–Crippen LogP) is 3.90. The van der Waals surface area contributed by atoms with Gasteiger partial charge in [0.05, 0.1) is 6.04 Å². The second kappa shape index (κ2) is 7.23. The van der Waals surface area contributed by atoms with E-state index in [0.717, 1.165) is 29.7 Å². The Bertz CT molecular complexity index is 790. The van der Waals surface area contributed by atoms with Crippen molar-refractivity contribution in [1.29, 1.82) is 0 Å². The summed E-state index contributed by atoms with van der Waals surface area (Å²) in [6.45, 7) is 0.622. The van der Waals surface area contributed by atoms with Crippen LogP contribution in [0.3, 0.4) is 0 Å². The zero-order chi connectivity index (χ0) is 17.9. The number of nitrogens with one attached hydrogen (secondary N) is 2. The lowest BCUT2D eigenvalue weighted by atomic mass is 9.77. The predicted molar refractivity (Wildman–Crippen MR) is 94.4 cm³/mol. The summed E-state index contributed by atoms with van der Waals surface area (Å²) in [6.07, 6.45) is 3.32. The Morgan fingerprint density at radius 2 is 1.88 bits per heavy atom. The third kappa shape index (κ3) is 3.59. The molecule has 2 aliphatic rings. The number of amides is 2. The molecule has 0 aromatic heterocycles. The molecule has 2 N–H and O–H groups in total. The fourth-order valence-electron chi connectivity index (χ4n) is 3.34. The summed E-state index contributed by atoms with van der Waals surface area (Å²) in [4.78, 5) is 12.4. The van der Waals surface area contributed by atoms with Crippen LogP contribution in [-0.2, 0) is 6.54 Å². The van der Waals surface area contributed by atoms with E-state index in [1.165, 1.54) is 18.6 Å². The molecule has 2 aromatic rings. The Balaban J connectivity index is 1.38. The van der Waals surface area contributed by atoms with Crippen molar-refractivity contribution in [3.05, 3.63) is 59.4 Å². The summed E-state index contributed by atoms with van der Waals surface area (Å²) in [6, 6.07) is 11.6. The topological polar surface area (TPSA) is 59.6 Å². The largest absolute Gasteiger partial charge is 0.454 e. The van der Waals surface area contributed by atoms with Crippen molar-refractivity contribution in [2.45, 2.75) is 31.8 Å². The highest BCUT2D eigenvalue weighted by molar-refractivity contribution is 5.74. The van der Waals surface area contributed by atoms with Gasteiger partial charge in [0.1, 0.15) is 5.82 Å². The molecule has 26 heavy (non-hydrogen) atoms. The van der Waals surface area contributed by atoms with Crippen LogP contribution in [0.25, 0.3) is 0 Å². The second-order valence-electron chi connectivity index (χ2n) is 6.73. The first-order valence-corrected chi connectivity index (χ1v) is 8.87. The van der Waals surface area contributed by atoms with Crippen LogP contribution in [0.15, 0.2) is 42.5 Å². The number of hydrogen-bond acceptors (Lipinski definition) is 3. The molecule has 2 aromatic carbocycles. The lowest BCUT2D eigenvalue weighted by Gasteiger charge is -2.34. The summed E-state index contributed by atoms with van der Waals surface area (Å²) in [5, 5.41) is 5.93. The molecule has 5 nitrogen and oxygen atoms in total. The molecule has 0 bridgehead atoms. The van der Waals surface area contributed by atoms with Gasteiger partial charge in [-0.05, 0) is 54.2 Å². The Labute approximate surface area is 151 Å². The third-order valence-electron chi connectivity index (χ3n) is 5.03. The van der Waals surface area contributed by atoms with Crippen molar-refractivity contribution in [3.63, 3.8) is 0 Å². The fraction of sp³-hybridized carbons (Fsp3) is 0.350. The van der Waals surface area contributed by atoms with Crippen LogP contribution >= 0.6 is 0 Å². The minimum absolute atomic E-state index is 0.0962. The zero-order valence-corrected chi connectivity index (χ0v) is 14.3. The van der Waals surface area contributed by atoms with Crippen LogP contribution in [-0.4, -0.2) is 12.8 Å². The number of hydrogen-bond donors (Lipinski definition) is 2. The van der Waals surface area contributed by atoms with Crippen LogP contribution in [0.5, 0.6) is 11.5 Å². The first kappa shape index (κ1) is 16.7. The van der Waals surface area contributed by atoms with Gasteiger partial charge >= 0.3 is 6.03 Å². The second-order valence-corrected chi connectivity index (χ2v) is 6.73. The van der Waals surface area contributed by atoms with E-state index < -0.39 is 0 Å². The van der Waals surface area contributed by atoms with Crippen LogP contribution in [0.4, 0.5) is 9.18 Å². The quantitative estimate of drug-likeness (QED) is 0.854. The molecule has 1 aliphatic heterocycles. The molecule has 0 radical (unpaired) electrons. The van der Waals surface area contributed by atoms with Crippen molar-refractivity contribution >= 4 is 6.03 Å². The number of urea groups is 1. The van der Waals surface area contributed by atoms with E-state index in [1.807, 2.05) is 18.2 Å². The highest BCUT2D eigenvalue weighted by Crippen LogP contribution is 2.37. The first-order chi connectivity index (χ1) is 12.7. The molecule has 4 rings (SSSR count). The van der Waals surface area contributed by atoms with Gasteiger partial charge in [-0.3, -0.25) is 0 Å². The lowest BCUT2D eigenvalue weighted by Crippen LogP contribution is -2.41. The maximum Gasteiger partial charge on any atom is 0.315 e. The highest BCUT2D eigenvalue weighted by Gasteiger charge is 2.29. The van der Waals surface area contributed by atoms with Crippen LogP contribution < -0.4 is 20.1 Å². The molecular formula is C20H21FN2O3. The van der Waals surface area contributed by atoms with E-state index in [4.69, 9.17) is 9.47 Å². The van der Waals surface area contributed by atoms with Crippen molar-refractivity contribution in [2.75, 3.05) is 6.79 Å². The van der Waals surface area contributed by atoms with Gasteiger partial charge in [-0.2, -0.15) is 0 Å². The normalized spacial score (nSPS) is 16.7. The molecule has 2 amide bonds. The number of halogens is 1. The van der Waals surface area contributed by atoms with Gasteiger partial charge < -0.3 is 20.1 Å². The van der Waals surface area contributed by atoms with E-state index in [1.54, 1.807) is 12.1 Å². The number of carbonyl (C=O) groups excluding carboxylic acids is 1. The monoisotopic (exact) mass is 356 g/mol. The molecule has 1 heterocycles. The number of ether oxygens (including phenoxy) is 2. The van der Waals surface area contributed by atoms with E-state index in [2.05, 4.69) is 10.6 Å². The maximum absolute atomic E-state index is 13.2. The Hall–Kier alpha value is -2.76. The maximum atomic E-state index is 13.2. The van der Waals surface area contributed by atoms with Gasteiger partial charge in [0.2, 0.25) is 6.79 Å². The first-order valence-electron chi connectivity index (χ1n) is 8.87. The standard InChI is InChI=1S/C20H21FN2O3/c21-16-7-5-15(6-8-16)19(14-2-1-3-14)23-20(24)22-11-13-4-9-17-18(10-13)26-12-25-17/h4-10,14,19H,1-3,11-12H2,(H2,22,23,24). The van der Waals surface area contributed by atoms with Gasteiger partial charge in [0, 0.05) is 6.54 Å². The van der Waals surface area contributed by atoms with Crippen LogP contribution in [0.2, 0.25) is 0 Å². The van der Waals surface area contributed by atoms with Crippen molar-refractivity contribution < 1.29 is 18.7 Å². The average Bonchev–Trinajstić information content (AvgIpc) is 3.06. The number of benzene rings is 2. The highest BCUT2D eigenvalue weighted by atomic mass is 19.1. The van der Waals surface area contributed by atoms with E-state index in [-0.39, 0.29) is 24.7 Å². The Morgan fingerprint density at radius 1 is 1.12 bits per heavy atom. The summed E-state index contributed by atoms with van der Waals surface area (Å²) in [7, 11) is 0. The molecule has 1 atom stereocenters. The van der Waals surface area contributed by atoms with Gasteiger partial charge in [-0.15, -0.1) is 0 Å². The van der Waals surface area contributed by atoms with Gasteiger partial charge in [0.25, 0.3) is 0 Å². The Morgan fingerprint density at radius 3 is 2.62 bits per heavy atom. The van der Waals surface area contributed by atoms with E-state index in [0.29, 0.717) is 18.2 Å². The fourth-order valence-corrected chi connectivity index (χ4v) is 3.34. The molecule has 1 saturated carbocycles. The Kier molecular flexibility index (Phi) is 4.65. The van der Waals surface area contributed by atoms with Crippen LogP contribution in [0.1, 0.15) is 36.4 Å². The summed E-state index contributed by atoms with van der Waals surface area (Å²) in [5.41, 5.74) is 1.88. The van der Waals surface area contributed by atoms with Crippen molar-refractivity contribution in [2.24, 2.45) is 5.92 Å². The lowest BCUT2D eigenvalue weighted by molar-refractivity contribution is 0.174. The molecule has 0 spiro atoms. The smallest absolute Gasteiger partial charge is 0.315 e.